The number of quaternary nitrogens is 1. The number of halogens is 1. The van der Waals surface area contributed by atoms with Gasteiger partial charge in [-0.1, -0.05) is 48.4 Å². The molecule has 0 saturated heterocycles. The number of likely N-dealkylation sites (N-methyl/N-ethyl adjacent to an activating group) is 1. The highest BCUT2D eigenvalue weighted by atomic mass is 35.5. The zero-order chi connectivity index (χ0) is 19.8. The summed E-state index contributed by atoms with van der Waals surface area (Å²) >= 11 is 6.13. The summed E-state index contributed by atoms with van der Waals surface area (Å²) in [5, 5.41) is 12.4. The van der Waals surface area contributed by atoms with Crippen molar-refractivity contribution in [1.29, 1.82) is 5.41 Å². The summed E-state index contributed by atoms with van der Waals surface area (Å²) < 4.78 is 5.80. The number of hydrogen-bond acceptors (Lipinski definition) is 3. The Bertz CT molecular complexity index is 828. The van der Waals surface area contributed by atoms with Gasteiger partial charge in [-0.05, 0) is 43.2 Å². The van der Waals surface area contributed by atoms with Gasteiger partial charge in [0.05, 0.1) is 12.8 Å². The van der Waals surface area contributed by atoms with Crippen LogP contribution in [-0.2, 0) is 11.3 Å². The molecule has 5 nitrogen and oxygen atoms in total. The normalized spacial score (nSPS) is 11.6. The van der Waals surface area contributed by atoms with E-state index in [0.29, 0.717) is 18.7 Å². The number of nitrogens with two attached hydrogens (primary N) is 1. The van der Waals surface area contributed by atoms with Crippen molar-refractivity contribution in [3.05, 3.63) is 70.4 Å². The molecule has 0 unspecified atom stereocenters. The molecule has 0 heterocycles. The minimum atomic E-state index is -0.291. The first kappa shape index (κ1) is 20.7. The molecule has 0 spiro atoms. The molecule has 6 heteroatoms. The van der Waals surface area contributed by atoms with E-state index in [1.807, 2.05) is 62.4 Å². The molecule has 142 valence electrons. The lowest BCUT2D eigenvalue weighted by Gasteiger charge is -2.09. The molecule has 2 aromatic carbocycles. The monoisotopic (exact) mass is 386 g/mol. The van der Waals surface area contributed by atoms with E-state index in [9.17, 15) is 4.79 Å². The van der Waals surface area contributed by atoms with E-state index in [1.165, 1.54) is 5.56 Å². The third-order valence-corrected chi connectivity index (χ3v) is 4.45. The van der Waals surface area contributed by atoms with E-state index < -0.39 is 0 Å². The Kier molecular flexibility index (Phi) is 7.58. The minimum absolute atomic E-state index is 0.194. The van der Waals surface area contributed by atoms with Gasteiger partial charge in [-0.15, -0.1) is 0 Å². The molecule has 0 aliphatic rings. The van der Waals surface area contributed by atoms with Crippen molar-refractivity contribution in [2.24, 2.45) is 0 Å². The van der Waals surface area contributed by atoms with Gasteiger partial charge in [0.2, 0.25) is 5.70 Å². The van der Waals surface area contributed by atoms with Crippen molar-refractivity contribution in [2.75, 3.05) is 7.05 Å². The first-order valence-electron chi connectivity index (χ1n) is 8.83. The number of carbonyl (C=O) groups is 1. The fraction of sp³-hybridized carbons (Fsp3) is 0.238. The Hall–Kier alpha value is -2.63. The van der Waals surface area contributed by atoms with Crippen LogP contribution in [0.25, 0.3) is 0 Å². The highest BCUT2D eigenvalue weighted by Crippen LogP contribution is 2.22. The van der Waals surface area contributed by atoms with Gasteiger partial charge in [-0.3, -0.25) is 4.79 Å². The molecule has 0 fully saturated rings. The van der Waals surface area contributed by atoms with Crippen LogP contribution in [0, 0.1) is 12.3 Å². The fourth-order valence-electron chi connectivity index (χ4n) is 2.37. The molecule has 0 aliphatic heterocycles. The lowest BCUT2D eigenvalue weighted by Crippen LogP contribution is -2.80. The second-order valence-electron chi connectivity index (χ2n) is 6.09. The predicted molar refractivity (Wildman–Crippen MR) is 108 cm³/mol. The summed E-state index contributed by atoms with van der Waals surface area (Å²) in [6.45, 7) is 4.23. The molecule has 0 bridgehead atoms. The standard InChI is InChI=1S/C21H24ClN3O2/c1-4-18(23)19(22)20(24-3)21(26)25-13-15-7-11-17(12-8-15)27-16-9-5-14(2)6-10-16/h5-12,23-24H,4,13H2,1-3H3,(H,25,26)/p+1. The van der Waals surface area contributed by atoms with E-state index >= 15 is 0 Å². The van der Waals surface area contributed by atoms with Crippen LogP contribution < -0.4 is 15.4 Å². The van der Waals surface area contributed by atoms with Crippen LogP contribution in [0.1, 0.15) is 24.5 Å². The number of benzene rings is 2. The van der Waals surface area contributed by atoms with Gasteiger partial charge in [0.1, 0.15) is 16.5 Å². The molecular weight excluding hydrogens is 362 g/mol. The van der Waals surface area contributed by atoms with Gasteiger partial charge >= 0.3 is 5.91 Å². The number of allylic oxidation sites excluding steroid dienone is 1. The molecule has 0 saturated carbocycles. The number of hydrogen-bond donors (Lipinski definition) is 3. The number of amides is 1. The van der Waals surface area contributed by atoms with Crippen LogP contribution in [0.15, 0.2) is 59.3 Å². The van der Waals surface area contributed by atoms with E-state index in [2.05, 4.69) is 5.32 Å². The van der Waals surface area contributed by atoms with Crippen LogP contribution in [0.2, 0.25) is 0 Å². The summed E-state index contributed by atoms with van der Waals surface area (Å²) in [6, 6.07) is 15.4. The number of aryl methyl sites for hydroxylation is 1. The molecule has 0 atom stereocenters. The second-order valence-corrected chi connectivity index (χ2v) is 6.47. The number of carbonyl (C=O) groups excluding carboxylic acids is 1. The van der Waals surface area contributed by atoms with Crippen LogP contribution in [-0.4, -0.2) is 18.7 Å². The molecule has 0 aliphatic carbocycles. The molecule has 1 amide bonds. The summed E-state index contributed by atoms with van der Waals surface area (Å²) in [6.07, 6.45) is 0.478. The summed E-state index contributed by atoms with van der Waals surface area (Å²) in [5.41, 5.74) is 2.69. The number of rotatable bonds is 8. The van der Waals surface area contributed by atoms with Gasteiger partial charge in [-0.2, -0.15) is 0 Å². The molecule has 4 N–H and O–H groups in total. The van der Waals surface area contributed by atoms with Crippen molar-refractivity contribution in [3.8, 4) is 11.5 Å². The second kappa shape index (κ2) is 9.90. The van der Waals surface area contributed by atoms with Gasteiger partial charge in [-0.25, -0.2) is 0 Å². The average Bonchev–Trinajstić information content (AvgIpc) is 2.69. The number of ether oxygens (including phenoxy) is 1. The van der Waals surface area contributed by atoms with Crippen molar-refractivity contribution in [1.82, 2.24) is 5.32 Å². The average molecular weight is 387 g/mol. The lowest BCUT2D eigenvalue weighted by atomic mass is 10.2. The summed E-state index contributed by atoms with van der Waals surface area (Å²) in [4.78, 5) is 12.3. The zero-order valence-corrected chi connectivity index (χ0v) is 16.6. The molecule has 0 radical (unpaired) electrons. The first-order valence-corrected chi connectivity index (χ1v) is 9.21. The minimum Gasteiger partial charge on any atom is -0.457 e. The summed E-state index contributed by atoms with van der Waals surface area (Å²) in [5.74, 6) is 1.22. The molecule has 2 aromatic rings. The van der Waals surface area contributed by atoms with Crippen molar-refractivity contribution < 1.29 is 14.8 Å². The molecular formula is C21H25ClN3O2+. The topological polar surface area (TPSA) is 78.8 Å². The Balaban J connectivity index is 1.97. The maximum atomic E-state index is 12.3. The van der Waals surface area contributed by atoms with Crippen molar-refractivity contribution in [2.45, 2.75) is 26.8 Å². The Morgan fingerprint density at radius 1 is 1.11 bits per heavy atom. The van der Waals surface area contributed by atoms with E-state index in [-0.39, 0.29) is 16.7 Å². The van der Waals surface area contributed by atoms with Gasteiger partial charge < -0.3 is 20.8 Å². The Morgan fingerprint density at radius 2 is 1.67 bits per heavy atom. The van der Waals surface area contributed by atoms with Crippen molar-refractivity contribution in [3.63, 3.8) is 0 Å². The van der Waals surface area contributed by atoms with Crippen LogP contribution in [0.4, 0.5) is 0 Å². The third kappa shape index (κ3) is 5.94. The van der Waals surface area contributed by atoms with Gasteiger partial charge in [0, 0.05) is 6.54 Å². The molecule has 27 heavy (non-hydrogen) atoms. The number of nitrogens with one attached hydrogen (secondary N) is 2. The Labute approximate surface area is 164 Å². The highest BCUT2D eigenvalue weighted by molar-refractivity contribution is 6.44. The van der Waals surface area contributed by atoms with Crippen LogP contribution in [0.3, 0.4) is 0 Å². The first-order chi connectivity index (χ1) is 12.9. The lowest BCUT2D eigenvalue weighted by molar-refractivity contribution is -0.570. The van der Waals surface area contributed by atoms with E-state index in [1.54, 1.807) is 12.4 Å². The third-order valence-electron chi connectivity index (χ3n) is 4.02. The predicted octanol–water partition coefficient (Wildman–Crippen LogP) is 3.48. The fourth-order valence-corrected chi connectivity index (χ4v) is 2.70. The van der Waals surface area contributed by atoms with Gasteiger partial charge in [0.15, 0.2) is 0 Å². The van der Waals surface area contributed by atoms with Crippen molar-refractivity contribution >= 4 is 23.2 Å². The molecule has 2 rings (SSSR count). The van der Waals surface area contributed by atoms with Crippen LogP contribution >= 0.6 is 11.6 Å². The van der Waals surface area contributed by atoms with Crippen LogP contribution in [0.5, 0.6) is 11.5 Å². The highest BCUT2D eigenvalue weighted by Gasteiger charge is 2.19. The van der Waals surface area contributed by atoms with E-state index in [0.717, 1.165) is 17.1 Å². The quantitative estimate of drug-likeness (QED) is 0.479. The largest absolute Gasteiger partial charge is 0.457 e. The summed E-state index contributed by atoms with van der Waals surface area (Å²) in [7, 11) is 1.73. The molecule has 0 aromatic heterocycles. The smallest absolute Gasteiger partial charge is 0.307 e. The Morgan fingerprint density at radius 3 is 2.19 bits per heavy atom. The maximum absolute atomic E-state index is 12.3. The van der Waals surface area contributed by atoms with E-state index in [4.69, 9.17) is 21.7 Å². The maximum Gasteiger partial charge on any atom is 0.307 e. The van der Waals surface area contributed by atoms with Gasteiger partial charge in [0.25, 0.3) is 0 Å². The zero-order valence-electron chi connectivity index (χ0n) is 15.8. The SMILES string of the molecule is CCC(=N)C(Cl)=C([NH2+]C)C(=O)NCc1ccc(Oc2ccc(C)cc2)cc1.